The fraction of sp³-hybridized carbons (Fsp3) is 1.00. The molecule has 18 heavy (non-hydrogen) atoms. The van der Waals surface area contributed by atoms with Gasteiger partial charge in [-0.2, -0.15) is 0 Å². The zero-order valence-electron chi connectivity index (χ0n) is 12.5. The third-order valence-electron chi connectivity index (χ3n) is 2.91. The van der Waals surface area contributed by atoms with Crippen molar-refractivity contribution < 1.29 is 9.47 Å². The third kappa shape index (κ3) is 8.86. The minimum Gasteiger partial charge on any atom is -0.379 e. The first-order valence-corrected chi connectivity index (χ1v) is 7.21. The summed E-state index contributed by atoms with van der Waals surface area (Å²) in [5.41, 5.74) is 11.4. The van der Waals surface area contributed by atoms with E-state index in [0.29, 0.717) is 19.1 Å². The molecule has 0 bridgehead atoms. The van der Waals surface area contributed by atoms with Crippen LogP contribution in [-0.4, -0.2) is 38.0 Å². The number of rotatable bonds is 11. The summed E-state index contributed by atoms with van der Waals surface area (Å²) in [7, 11) is 0. The van der Waals surface area contributed by atoms with Crippen LogP contribution in [0.15, 0.2) is 0 Å². The summed E-state index contributed by atoms with van der Waals surface area (Å²) in [4.78, 5) is 0. The predicted octanol–water partition coefficient (Wildman–Crippen LogP) is 1.91. The molecular weight excluding hydrogens is 228 g/mol. The molecule has 0 aliphatic carbocycles. The summed E-state index contributed by atoms with van der Waals surface area (Å²) in [5.74, 6) is 0.433. The first kappa shape index (κ1) is 17.8. The topological polar surface area (TPSA) is 70.5 Å². The Hall–Kier alpha value is -0.160. The third-order valence-corrected chi connectivity index (χ3v) is 2.91. The van der Waals surface area contributed by atoms with Gasteiger partial charge in [0.2, 0.25) is 0 Å². The van der Waals surface area contributed by atoms with Crippen LogP contribution >= 0.6 is 0 Å². The summed E-state index contributed by atoms with van der Waals surface area (Å²) in [5, 5.41) is 0. The van der Waals surface area contributed by atoms with Gasteiger partial charge < -0.3 is 20.9 Å². The lowest BCUT2D eigenvalue weighted by Crippen LogP contribution is -2.33. The highest BCUT2D eigenvalue weighted by atomic mass is 16.5. The Bertz CT molecular complexity index is 187. The van der Waals surface area contributed by atoms with Crippen LogP contribution in [0.25, 0.3) is 0 Å². The molecule has 4 nitrogen and oxygen atoms in total. The summed E-state index contributed by atoms with van der Waals surface area (Å²) in [6.45, 7) is 10.2. The first-order valence-electron chi connectivity index (χ1n) is 7.21. The fourth-order valence-electron chi connectivity index (χ4n) is 1.91. The zero-order chi connectivity index (χ0) is 14.0. The lowest BCUT2D eigenvalue weighted by Gasteiger charge is -2.27. The van der Waals surface area contributed by atoms with Gasteiger partial charge in [0.25, 0.3) is 0 Å². The highest BCUT2D eigenvalue weighted by molar-refractivity contribution is 4.70. The summed E-state index contributed by atoms with van der Waals surface area (Å²) in [6.07, 6.45) is 3.49. The molecule has 0 saturated heterocycles. The van der Waals surface area contributed by atoms with E-state index >= 15 is 0 Å². The predicted molar refractivity (Wildman–Crippen MR) is 76.5 cm³/mol. The Morgan fingerprint density at radius 3 is 2.00 bits per heavy atom. The van der Waals surface area contributed by atoms with E-state index in [1.807, 2.05) is 13.8 Å². The minimum absolute atomic E-state index is 0.0897. The molecule has 0 amide bonds. The van der Waals surface area contributed by atoms with Gasteiger partial charge in [0.05, 0.1) is 25.9 Å². The van der Waals surface area contributed by atoms with Gasteiger partial charge in [-0.1, -0.05) is 20.3 Å². The van der Waals surface area contributed by atoms with E-state index in [-0.39, 0.29) is 18.2 Å². The summed E-state index contributed by atoms with van der Waals surface area (Å²) >= 11 is 0. The maximum absolute atomic E-state index is 5.92. The van der Waals surface area contributed by atoms with Crippen molar-refractivity contribution in [1.29, 1.82) is 0 Å². The second-order valence-corrected chi connectivity index (χ2v) is 5.32. The van der Waals surface area contributed by atoms with Gasteiger partial charge in [-0.15, -0.1) is 0 Å². The van der Waals surface area contributed by atoms with Crippen molar-refractivity contribution in [3.8, 4) is 0 Å². The number of hydrogen-bond acceptors (Lipinski definition) is 4. The van der Waals surface area contributed by atoms with Crippen molar-refractivity contribution in [3.63, 3.8) is 0 Å². The molecule has 0 aliphatic heterocycles. The standard InChI is InChI=1S/C14H32N2O2/c1-5-7-14(18-9-12(4)16)13(6-2)10-17-8-11(3)15/h11-14H,5-10,15-16H2,1-4H3. The van der Waals surface area contributed by atoms with E-state index in [2.05, 4.69) is 13.8 Å². The fourth-order valence-corrected chi connectivity index (χ4v) is 1.91. The van der Waals surface area contributed by atoms with Crippen LogP contribution in [0.4, 0.5) is 0 Å². The molecule has 110 valence electrons. The largest absolute Gasteiger partial charge is 0.379 e. The molecule has 4 heteroatoms. The van der Waals surface area contributed by atoms with E-state index in [4.69, 9.17) is 20.9 Å². The van der Waals surface area contributed by atoms with Crippen molar-refractivity contribution in [2.75, 3.05) is 19.8 Å². The molecule has 0 fully saturated rings. The maximum atomic E-state index is 5.92. The Balaban J connectivity index is 4.14. The van der Waals surface area contributed by atoms with Crippen LogP contribution in [0.2, 0.25) is 0 Å². The van der Waals surface area contributed by atoms with Gasteiger partial charge in [-0.25, -0.2) is 0 Å². The average molecular weight is 260 g/mol. The quantitative estimate of drug-likeness (QED) is 0.595. The molecule has 4 atom stereocenters. The molecule has 0 rings (SSSR count). The first-order chi connectivity index (χ1) is 8.51. The zero-order valence-corrected chi connectivity index (χ0v) is 12.5. The minimum atomic E-state index is 0.0897. The van der Waals surface area contributed by atoms with Gasteiger partial charge >= 0.3 is 0 Å². The van der Waals surface area contributed by atoms with Crippen molar-refractivity contribution in [1.82, 2.24) is 0 Å². The number of ether oxygens (including phenoxy) is 2. The van der Waals surface area contributed by atoms with Crippen LogP contribution in [0.1, 0.15) is 47.0 Å². The number of hydrogen-bond donors (Lipinski definition) is 2. The molecule has 0 radical (unpaired) electrons. The average Bonchev–Trinajstić information content (AvgIpc) is 2.30. The van der Waals surface area contributed by atoms with Crippen molar-refractivity contribution in [3.05, 3.63) is 0 Å². The molecule has 0 spiro atoms. The molecule has 0 aromatic rings. The second-order valence-electron chi connectivity index (χ2n) is 5.32. The monoisotopic (exact) mass is 260 g/mol. The van der Waals surface area contributed by atoms with E-state index in [1.54, 1.807) is 0 Å². The van der Waals surface area contributed by atoms with Gasteiger partial charge in [-0.05, 0) is 26.7 Å². The molecular formula is C14H32N2O2. The van der Waals surface area contributed by atoms with Gasteiger partial charge in [-0.3, -0.25) is 0 Å². The lowest BCUT2D eigenvalue weighted by molar-refractivity contribution is -0.0328. The van der Waals surface area contributed by atoms with Crippen LogP contribution in [0.5, 0.6) is 0 Å². The van der Waals surface area contributed by atoms with Gasteiger partial charge in [0.15, 0.2) is 0 Å². The van der Waals surface area contributed by atoms with Crippen LogP contribution in [0.3, 0.4) is 0 Å². The summed E-state index contributed by atoms with van der Waals surface area (Å²) < 4.78 is 11.6. The highest BCUT2D eigenvalue weighted by Crippen LogP contribution is 2.18. The Morgan fingerprint density at radius 1 is 0.944 bits per heavy atom. The Morgan fingerprint density at radius 2 is 1.56 bits per heavy atom. The maximum Gasteiger partial charge on any atom is 0.0625 e. The summed E-state index contributed by atoms with van der Waals surface area (Å²) in [6, 6.07) is 0.184. The molecule has 4 unspecified atom stereocenters. The smallest absolute Gasteiger partial charge is 0.0625 e. The van der Waals surface area contributed by atoms with E-state index < -0.39 is 0 Å². The lowest BCUT2D eigenvalue weighted by atomic mass is 9.96. The van der Waals surface area contributed by atoms with Crippen molar-refractivity contribution >= 4 is 0 Å². The second kappa shape index (κ2) is 10.7. The van der Waals surface area contributed by atoms with Crippen molar-refractivity contribution in [2.24, 2.45) is 17.4 Å². The molecule has 0 aliphatic rings. The highest BCUT2D eigenvalue weighted by Gasteiger charge is 2.20. The van der Waals surface area contributed by atoms with Gasteiger partial charge in [0.1, 0.15) is 0 Å². The molecule has 0 heterocycles. The normalized spacial score (nSPS) is 18.3. The molecule has 0 aromatic carbocycles. The van der Waals surface area contributed by atoms with E-state index in [9.17, 15) is 0 Å². The van der Waals surface area contributed by atoms with Gasteiger partial charge in [0, 0.05) is 18.0 Å². The van der Waals surface area contributed by atoms with E-state index in [1.165, 1.54) is 0 Å². The molecule has 4 N–H and O–H groups in total. The number of nitrogens with two attached hydrogens (primary N) is 2. The van der Waals surface area contributed by atoms with Crippen LogP contribution < -0.4 is 11.5 Å². The van der Waals surface area contributed by atoms with E-state index in [0.717, 1.165) is 25.9 Å². The Kier molecular flexibility index (Phi) is 10.6. The van der Waals surface area contributed by atoms with Crippen LogP contribution in [0, 0.1) is 5.92 Å². The molecule has 0 aromatic heterocycles. The van der Waals surface area contributed by atoms with Crippen molar-refractivity contribution in [2.45, 2.75) is 65.1 Å². The Labute approximate surface area is 112 Å². The SMILES string of the molecule is CCCC(OCC(C)N)C(CC)COCC(C)N. The van der Waals surface area contributed by atoms with Crippen LogP contribution in [-0.2, 0) is 9.47 Å². The molecule has 0 saturated carbocycles.